The topological polar surface area (TPSA) is 79.0 Å². The number of anilines is 1. The fourth-order valence-corrected chi connectivity index (χ4v) is 2.57. The van der Waals surface area contributed by atoms with Crippen LogP contribution in [0.4, 0.5) is 5.69 Å². The minimum Gasteiger partial charge on any atom is -0.468 e. The maximum atomic E-state index is 11.8. The Hall–Kier alpha value is -2.41. The van der Waals surface area contributed by atoms with Crippen LogP contribution in [0.25, 0.3) is 0 Å². The summed E-state index contributed by atoms with van der Waals surface area (Å²) < 4.78 is 4.48. The molecule has 1 heterocycles. The summed E-state index contributed by atoms with van der Waals surface area (Å²) in [6.45, 7) is 4.87. The van der Waals surface area contributed by atoms with E-state index in [0.717, 1.165) is 31.9 Å². The molecule has 0 spiro atoms. The molecular weight excluding hydrogens is 310 g/mol. The van der Waals surface area contributed by atoms with Gasteiger partial charge in [0.15, 0.2) is 5.78 Å². The van der Waals surface area contributed by atoms with E-state index in [1.807, 2.05) is 29.2 Å². The summed E-state index contributed by atoms with van der Waals surface area (Å²) in [7, 11) is 1.29. The van der Waals surface area contributed by atoms with Gasteiger partial charge < -0.3 is 15.0 Å². The van der Waals surface area contributed by atoms with Crippen molar-refractivity contribution in [2.75, 3.05) is 51.3 Å². The van der Waals surface area contributed by atoms with Gasteiger partial charge in [-0.25, -0.2) is 0 Å². The summed E-state index contributed by atoms with van der Waals surface area (Å²) in [5.41, 5.74) is 1.79. The number of Topliss-reactive ketones (excluding diaryl/α,β-unsaturated/α-hetero) is 1. The summed E-state index contributed by atoms with van der Waals surface area (Å²) in [6.07, 6.45) is 0. The van der Waals surface area contributed by atoms with Crippen molar-refractivity contribution in [3.05, 3.63) is 29.8 Å². The van der Waals surface area contributed by atoms with Crippen LogP contribution in [0.15, 0.2) is 24.3 Å². The zero-order valence-corrected chi connectivity index (χ0v) is 14.1. The van der Waals surface area contributed by atoms with Gasteiger partial charge in [0.05, 0.1) is 13.7 Å². The van der Waals surface area contributed by atoms with Crippen molar-refractivity contribution in [2.24, 2.45) is 0 Å². The van der Waals surface area contributed by atoms with Crippen molar-refractivity contribution in [3.63, 3.8) is 0 Å². The zero-order valence-electron chi connectivity index (χ0n) is 14.1. The summed E-state index contributed by atoms with van der Waals surface area (Å²) in [5.74, 6) is -0.578. The lowest BCUT2D eigenvalue weighted by Gasteiger charge is -2.35. The van der Waals surface area contributed by atoms with Crippen LogP contribution >= 0.6 is 0 Å². The number of carbonyl (C=O) groups excluding carboxylic acids is 3. The van der Waals surface area contributed by atoms with E-state index in [1.165, 1.54) is 7.11 Å². The molecule has 24 heavy (non-hydrogen) atoms. The lowest BCUT2D eigenvalue weighted by Crippen LogP contribution is -2.50. The van der Waals surface area contributed by atoms with Crippen LogP contribution in [0.1, 0.15) is 17.3 Å². The molecule has 130 valence electrons. The number of hydrogen-bond acceptors (Lipinski definition) is 6. The first-order chi connectivity index (χ1) is 11.5. The van der Waals surface area contributed by atoms with Gasteiger partial charge in [-0.2, -0.15) is 0 Å². The van der Waals surface area contributed by atoms with Crippen LogP contribution in [0.5, 0.6) is 0 Å². The molecule has 2 rings (SSSR count). The number of ether oxygens (including phenoxy) is 1. The maximum Gasteiger partial charge on any atom is 0.325 e. The number of esters is 1. The SMILES string of the molecule is COC(=O)CNC(=O)CN1CCN(c2ccc(C(C)=O)cc2)CC1. The first-order valence-corrected chi connectivity index (χ1v) is 7.91. The van der Waals surface area contributed by atoms with E-state index < -0.39 is 5.97 Å². The molecule has 7 heteroatoms. The van der Waals surface area contributed by atoms with Crippen molar-refractivity contribution in [2.45, 2.75) is 6.92 Å². The van der Waals surface area contributed by atoms with E-state index >= 15 is 0 Å². The third-order valence-electron chi connectivity index (χ3n) is 4.04. The Bertz CT molecular complexity index is 592. The molecule has 1 fully saturated rings. The fourth-order valence-electron chi connectivity index (χ4n) is 2.57. The number of amides is 1. The molecule has 1 aromatic carbocycles. The molecule has 1 aliphatic rings. The highest BCUT2D eigenvalue weighted by atomic mass is 16.5. The molecule has 1 aromatic rings. The lowest BCUT2D eigenvalue weighted by molar-refractivity contribution is -0.141. The second kappa shape index (κ2) is 8.44. The van der Waals surface area contributed by atoms with Crippen molar-refractivity contribution in [3.8, 4) is 0 Å². The first-order valence-electron chi connectivity index (χ1n) is 7.91. The molecule has 0 atom stereocenters. The second-order valence-electron chi connectivity index (χ2n) is 5.72. The predicted molar refractivity (Wildman–Crippen MR) is 90.1 cm³/mol. The quantitative estimate of drug-likeness (QED) is 0.596. The number of carbonyl (C=O) groups is 3. The Labute approximate surface area is 141 Å². The molecular formula is C17H23N3O4. The minimum atomic E-state index is -0.456. The number of nitrogens with zero attached hydrogens (tertiary/aromatic N) is 2. The van der Waals surface area contributed by atoms with Crippen LogP contribution in [0.3, 0.4) is 0 Å². The van der Waals surface area contributed by atoms with E-state index in [2.05, 4.69) is 15.0 Å². The molecule has 0 unspecified atom stereocenters. The highest BCUT2D eigenvalue weighted by Gasteiger charge is 2.19. The largest absolute Gasteiger partial charge is 0.468 e. The normalized spacial score (nSPS) is 15.0. The summed E-state index contributed by atoms with van der Waals surface area (Å²) in [5, 5.41) is 2.54. The number of nitrogens with one attached hydrogen (secondary N) is 1. The van der Waals surface area contributed by atoms with Gasteiger partial charge in [0.1, 0.15) is 6.54 Å². The highest BCUT2D eigenvalue weighted by molar-refractivity contribution is 5.94. The molecule has 1 saturated heterocycles. The Morgan fingerprint density at radius 1 is 1.08 bits per heavy atom. The average Bonchev–Trinajstić information content (AvgIpc) is 2.60. The Balaban J connectivity index is 1.77. The second-order valence-corrected chi connectivity index (χ2v) is 5.72. The molecule has 0 radical (unpaired) electrons. The first kappa shape index (κ1) is 17.9. The molecule has 7 nitrogen and oxygen atoms in total. The third-order valence-corrected chi connectivity index (χ3v) is 4.04. The van der Waals surface area contributed by atoms with Crippen LogP contribution in [0.2, 0.25) is 0 Å². The number of piperazine rings is 1. The van der Waals surface area contributed by atoms with Crippen LogP contribution in [0, 0.1) is 0 Å². The number of hydrogen-bond donors (Lipinski definition) is 1. The number of rotatable bonds is 6. The summed E-state index contributed by atoms with van der Waals surface area (Å²) in [6, 6.07) is 7.58. The molecule has 1 amide bonds. The Kier molecular flexibility index (Phi) is 6.31. The van der Waals surface area contributed by atoms with Gasteiger partial charge in [-0.1, -0.05) is 0 Å². The number of ketones is 1. The molecule has 1 N–H and O–H groups in total. The molecule has 1 aliphatic heterocycles. The van der Waals surface area contributed by atoms with Gasteiger partial charge in [-0.05, 0) is 31.2 Å². The van der Waals surface area contributed by atoms with Crippen LogP contribution in [-0.4, -0.2) is 68.9 Å². The van der Waals surface area contributed by atoms with Crippen molar-refractivity contribution in [1.29, 1.82) is 0 Å². The fraction of sp³-hybridized carbons (Fsp3) is 0.471. The average molecular weight is 333 g/mol. The summed E-state index contributed by atoms with van der Waals surface area (Å²) >= 11 is 0. The molecule has 0 aromatic heterocycles. The van der Waals surface area contributed by atoms with Crippen molar-refractivity contribution < 1.29 is 19.1 Å². The van der Waals surface area contributed by atoms with Gasteiger partial charge in [0.25, 0.3) is 0 Å². The maximum absolute atomic E-state index is 11.8. The van der Waals surface area contributed by atoms with E-state index in [9.17, 15) is 14.4 Å². The standard InChI is InChI=1S/C17H23N3O4/c1-13(21)14-3-5-15(6-4-14)20-9-7-19(8-10-20)12-16(22)18-11-17(23)24-2/h3-6H,7-12H2,1-2H3,(H,18,22). The van der Waals surface area contributed by atoms with Crippen LogP contribution in [-0.2, 0) is 14.3 Å². The monoisotopic (exact) mass is 333 g/mol. The number of methoxy groups -OCH3 is 1. The van der Waals surface area contributed by atoms with E-state index in [-0.39, 0.29) is 24.8 Å². The van der Waals surface area contributed by atoms with Gasteiger partial charge in [-0.15, -0.1) is 0 Å². The van der Waals surface area contributed by atoms with Crippen LogP contribution < -0.4 is 10.2 Å². The Morgan fingerprint density at radius 3 is 2.25 bits per heavy atom. The van der Waals surface area contributed by atoms with E-state index in [4.69, 9.17) is 0 Å². The van der Waals surface area contributed by atoms with Crippen molar-refractivity contribution in [1.82, 2.24) is 10.2 Å². The molecule has 0 saturated carbocycles. The summed E-state index contributed by atoms with van der Waals surface area (Å²) in [4.78, 5) is 38.4. The molecule has 0 aliphatic carbocycles. The Morgan fingerprint density at radius 2 is 1.71 bits per heavy atom. The number of benzene rings is 1. The predicted octanol–water partition coefficient (Wildman–Crippen LogP) is 0.300. The van der Waals surface area contributed by atoms with Gasteiger partial charge in [0.2, 0.25) is 5.91 Å². The third kappa shape index (κ3) is 5.06. The smallest absolute Gasteiger partial charge is 0.325 e. The van der Waals surface area contributed by atoms with E-state index in [0.29, 0.717) is 5.56 Å². The van der Waals surface area contributed by atoms with Gasteiger partial charge in [-0.3, -0.25) is 19.3 Å². The zero-order chi connectivity index (χ0) is 17.5. The van der Waals surface area contributed by atoms with Gasteiger partial charge >= 0.3 is 5.97 Å². The minimum absolute atomic E-state index is 0.0596. The van der Waals surface area contributed by atoms with Crippen molar-refractivity contribution >= 4 is 23.3 Å². The lowest BCUT2D eigenvalue weighted by atomic mass is 10.1. The molecule has 0 bridgehead atoms. The van der Waals surface area contributed by atoms with E-state index in [1.54, 1.807) is 6.92 Å². The highest BCUT2D eigenvalue weighted by Crippen LogP contribution is 2.17. The van der Waals surface area contributed by atoms with Gasteiger partial charge in [0, 0.05) is 37.4 Å².